The minimum atomic E-state index is -4.76. The van der Waals surface area contributed by atoms with E-state index in [4.69, 9.17) is 4.74 Å². The van der Waals surface area contributed by atoms with Gasteiger partial charge >= 0.3 is 12.4 Å². The molecule has 3 amide bonds. The van der Waals surface area contributed by atoms with Gasteiger partial charge in [0.15, 0.2) is 11.0 Å². The number of aryl methyl sites for hydroxylation is 1. The molecule has 14 heteroatoms. The van der Waals surface area contributed by atoms with Crippen molar-refractivity contribution in [3.63, 3.8) is 0 Å². The number of alkyl halides is 3. The number of amides is 3. The van der Waals surface area contributed by atoms with Crippen molar-refractivity contribution in [2.75, 3.05) is 17.8 Å². The lowest BCUT2D eigenvalue weighted by atomic mass is 10.00. The zero-order valence-electron chi connectivity index (χ0n) is 26.1. The summed E-state index contributed by atoms with van der Waals surface area (Å²) in [5, 5.41) is 7.68. The van der Waals surface area contributed by atoms with Crippen LogP contribution in [0.4, 0.5) is 23.7 Å². The van der Waals surface area contributed by atoms with Crippen LogP contribution in [-0.2, 0) is 11.2 Å². The number of hydrogen-bond acceptors (Lipinski definition) is 7. The smallest absolute Gasteiger partial charge is 0.497 e. The van der Waals surface area contributed by atoms with E-state index in [1.165, 1.54) is 51.9 Å². The Kier molecular flexibility index (Phi) is 10.2. The molecule has 246 valence electrons. The van der Waals surface area contributed by atoms with Crippen molar-refractivity contribution < 1.29 is 32.2 Å². The first-order valence-corrected chi connectivity index (χ1v) is 15.8. The zero-order chi connectivity index (χ0) is 33.7. The quantitative estimate of drug-likeness (QED) is 0.192. The number of benzene rings is 3. The van der Waals surface area contributed by atoms with Crippen LogP contribution in [0.1, 0.15) is 44.2 Å². The summed E-state index contributed by atoms with van der Waals surface area (Å²) >= 11 is 1.23. The summed E-state index contributed by atoms with van der Waals surface area (Å²) in [6.45, 7) is 5.96. The van der Waals surface area contributed by atoms with Gasteiger partial charge in [-0.3, -0.25) is 9.69 Å². The summed E-state index contributed by atoms with van der Waals surface area (Å²) in [6, 6.07) is 17.8. The van der Waals surface area contributed by atoms with Crippen molar-refractivity contribution >= 4 is 34.6 Å². The highest BCUT2D eigenvalue weighted by atomic mass is 32.2. The highest BCUT2D eigenvalue weighted by molar-refractivity contribution is 8.15. The average molecular weight is 667 g/mol. The van der Waals surface area contributed by atoms with Gasteiger partial charge in [0, 0.05) is 11.6 Å². The maximum atomic E-state index is 12.9. The Hall–Kier alpha value is -4.85. The molecule has 1 fully saturated rings. The van der Waals surface area contributed by atoms with Crippen molar-refractivity contribution in [3.8, 4) is 28.6 Å². The van der Waals surface area contributed by atoms with Crippen molar-refractivity contribution in [2.24, 2.45) is 4.99 Å². The minimum Gasteiger partial charge on any atom is -0.497 e. The SMILES string of the molecule is COc1ccc(N2C(=O)CSC2=NC(=O)NC(C)CCc2ccc(-c3ncn(-c4ccc(OC(F)(F)F)cc4)n3)cc2)c(C(C)C)c1. The molecule has 0 spiro atoms. The number of urea groups is 1. The molecular formula is C33H33F3N6O4S. The van der Waals surface area contributed by atoms with Crippen LogP contribution >= 0.6 is 11.8 Å². The predicted octanol–water partition coefficient (Wildman–Crippen LogP) is 7.13. The van der Waals surface area contributed by atoms with Crippen LogP contribution in [0.3, 0.4) is 0 Å². The molecule has 0 saturated carbocycles. The Balaban J connectivity index is 1.16. The number of aliphatic imine (C=N–C) groups is 1. The number of methoxy groups -OCH3 is 1. The molecule has 1 N–H and O–H groups in total. The second-order valence-corrected chi connectivity index (χ2v) is 12.1. The van der Waals surface area contributed by atoms with Crippen LogP contribution in [-0.4, -0.2) is 57.1 Å². The number of amidine groups is 1. The molecule has 0 aliphatic carbocycles. The molecule has 5 rings (SSSR count). The third kappa shape index (κ3) is 8.50. The number of aromatic nitrogens is 3. The molecule has 1 unspecified atom stereocenters. The van der Waals surface area contributed by atoms with Crippen LogP contribution in [0.2, 0.25) is 0 Å². The number of nitrogens with one attached hydrogen (secondary N) is 1. The Morgan fingerprint density at radius 2 is 1.74 bits per heavy atom. The normalized spacial score (nSPS) is 14.9. The average Bonchev–Trinajstić information content (AvgIpc) is 3.66. The Bertz CT molecular complexity index is 1760. The van der Waals surface area contributed by atoms with Crippen LogP contribution < -0.4 is 19.7 Å². The second-order valence-electron chi connectivity index (χ2n) is 11.1. The van der Waals surface area contributed by atoms with Crippen LogP contribution in [0.25, 0.3) is 17.1 Å². The lowest BCUT2D eigenvalue weighted by Gasteiger charge is -2.22. The fraction of sp³-hybridized carbons (Fsp3) is 0.303. The van der Waals surface area contributed by atoms with Gasteiger partial charge in [0.05, 0.1) is 24.2 Å². The standard InChI is InChI=1S/C33H33F3N6O4S/c1-20(2)27-17-26(45-4)15-16-28(27)42-29(43)18-47-32(42)39-31(44)38-21(3)5-6-22-7-9-23(10-8-22)30-37-19-41(40-30)24-11-13-25(14-12-24)46-33(34,35)36/h7-17,19-21H,5-6,18H2,1-4H3,(H,38,44). The molecule has 1 saturated heterocycles. The first kappa shape index (κ1) is 33.5. The summed E-state index contributed by atoms with van der Waals surface area (Å²) in [4.78, 5) is 35.8. The molecule has 1 aromatic heterocycles. The van der Waals surface area contributed by atoms with Crippen LogP contribution in [0.15, 0.2) is 78.0 Å². The number of carbonyl (C=O) groups excluding carboxylic acids is 2. The number of carbonyl (C=O) groups is 2. The topological polar surface area (TPSA) is 111 Å². The molecule has 1 aliphatic rings. The molecular weight excluding hydrogens is 633 g/mol. The van der Waals surface area contributed by atoms with Crippen molar-refractivity contribution in [1.82, 2.24) is 20.1 Å². The van der Waals surface area contributed by atoms with Gasteiger partial charge in [-0.15, -0.1) is 18.3 Å². The zero-order valence-corrected chi connectivity index (χ0v) is 26.9. The largest absolute Gasteiger partial charge is 0.573 e. The van der Waals surface area contributed by atoms with E-state index in [2.05, 4.69) is 25.1 Å². The predicted molar refractivity (Wildman–Crippen MR) is 174 cm³/mol. The summed E-state index contributed by atoms with van der Waals surface area (Å²) in [6.07, 6.45) is -1.93. The van der Waals surface area contributed by atoms with E-state index in [1.54, 1.807) is 13.2 Å². The third-order valence-electron chi connectivity index (χ3n) is 7.33. The molecule has 1 atom stereocenters. The summed E-state index contributed by atoms with van der Waals surface area (Å²) < 4.78 is 48.0. The van der Waals surface area contributed by atoms with Gasteiger partial charge in [-0.2, -0.15) is 4.99 Å². The third-order valence-corrected chi connectivity index (χ3v) is 8.26. The number of nitrogens with zero attached hydrogens (tertiary/aromatic N) is 5. The first-order chi connectivity index (χ1) is 22.4. The Morgan fingerprint density at radius 3 is 2.40 bits per heavy atom. The molecule has 47 heavy (non-hydrogen) atoms. The van der Waals surface area contributed by atoms with E-state index in [0.717, 1.165) is 16.7 Å². The van der Waals surface area contributed by atoms with Crippen molar-refractivity contribution in [2.45, 2.75) is 51.9 Å². The number of halogens is 3. The summed E-state index contributed by atoms with van der Waals surface area (Å²) in [7, 11) is 1.59. The fourth-order valence-corrected chi connectivity index (χ4v) is 5.79. The van der Waals surface area contributed by atoms with Gasteiger partial charge in [-0.25, -0.2) is 14.5 Å². The first-order valence-electron chi connectivity index (χ1n) is 14.8. The maximum absolute atomic E-state index is 12.9. The van der Waals surface area contributed by atoms with E-state index in [0.29, 0.717) is 41.0 Å². The number of ether oxygens (including phenoxy) is 2. The van der Waals surface area contributed by atoms with Crippen molar-refractivity contribution in [3.05, 3.63) is 84.2 Å². The number of anilines is 1. The van der Waals surface area contributed by atoms with E-state index >= 15 is 0 Å². The molecule has 4 aromatic rings. The van der Waals surface area contributed by atoms with Gasteiger partial charge < -0.3 is 14.8 Å². The fourth-order valence-electron chi connectivity index (χ4n) is 4.93. The monoisotopic (exact) mass is 666 g/mol. The van der Waals surface area contributed by atoms with Gasteiger partial charge in [0.2, 0.25) is 5.91 Å². The van der Waals surface area contributed by atoms with E-state index in [-0.39, 0.29) is 29.4 Å². The minimum absolute atomic E-state index is 0.118. The molecule has 2 heterocycles. The van der Waals surface area contributed by atoms with Crippen LogP contribution in [0.5, 0.6) is 11.5 Å². The van der Waals surface area contributed by atoms with Gasteiger partial charge in [-0.1, -0.05) is 49.9 Å². The highest BCUT2D eigenvalue weighted by Crippen LogP contribution is 2.35. The summed E-state index contributed by atoms with van der Waals surface area (Å²) in [5.74, 6) is 1.01. The maximum Gasteiger partial charge on any atom is 0.573 e. The van der Waals surface area contributed by atoms with E-state index in [9.17, 15) is 22.8 Å². The summed E-state index contributed by atoms with van der Waals surface area (Å²) in [5.41, 5.74) is 3.96. The Morgan fingerprint density at radius 1 is 1.04 bits per heavy atom. The lowest BCUT2D eigenvalue weighted by molar-refractivity contribution is -0.274. The molecule has 0 bridgehead atoms. The Labute approximate surface area is 274 Å². The van der Waals surface area contributed by atoms with E-state index in [1.807, 2.05) is 57.2 Å². The van der Waals surface area contributed by atoms with Crippen LogP contribution in [0, 0.1) is 0 Å². The van der Waals surface area contributed by atoms with Gasteiger partial charge in [0.25, 0.3) is 0 Å². The van der Waals surface area contributed by atoms with E-state index < -0.39 is 12.4 Å². The highest BCUT2D eigenvalue weighted by Gasteiger charge is 2.33. The van der Waals surface area contributed by atoms with Crippen molar-refractivity contribution in [1.29, 1.82) is 0 Å². The molecule has 1 aliphatic heterocycles. The number of rotatable bonds is 10. The molecule has 3 aromatic carbocycles. The number of hydrogen-bond donors (Lipinski definition) is 1. The molecule has 10 nitrogen and oxygen atoms in total. The second kappa shape index (κ2) is 14.3. The number of thioether (sulfide) groups is 1. The lowest BCUT2D eigenvalue weighted by Crippen LogP contribution is -2.34. The molecule has 0 radical (unpaired) electrons. The van der Waals surface area contributed by atoms with Gasteiger partial charge in [0.1, 0.15) is 17.8 Å². The van der Waals surface area contributed by atoms with Gasteiger partial charge in [-0.05, 0) is 79.3 Å².